The molecular formula is C18H23FN4O2S. The predicted molar refractivity (Wildman–Crippen MR) is 98.9 cm³/mol. The summed E-state index contributed by atoms with van der Waals surface area (Å²) in [7, 11) is -3.52. The summed E-state index contributed by atoms with van der Waals surface area (Å²) in [5.74, 6) is -0.237. The molecule has 2 N–H and O–H groups in total. The van der Waals surface area contributed by atoms with E-state index >= 15 is 0 Å². The number of nitrogens with zero attached hydrogens (tertiary/aromatic N) is 2. The van der Waals surface area contributed by atoms with Crippen LogP contribution >= 0.6 is 0 Å². The molecule has 1 aliphatic heterocycles. The second-order valence-electron chi connectivity index (χ2n) is 6.43. The molecule has 0 spiro atoms. The molecule has 26 heavy (non-hydrogen) atoms. The van der Waals surface area contributed by atoms with E-state index in [2.05, 4.69) is 20.6 Å². The predicted octanol–water partition coefficient (Wildman–Crippen LogP) is 2.01. The first kappa shape index (κ1) is 18.7. The lowest BCUT2D eigenvalue weighted by atomic mass is 9.98. The van der Waals surface area contributed by atoms with Crippen molar-refractivity contribution >= 4 is 15.8 Å². The maximum Gasteiger partial charge on any atom is 0.223 e. The average molecular weight is 378 g/mol. The molecule has 8 heteroatoms. The minimum atomic E-state index is -3.52. The number of rotatable bonds is 7. The number of anilines is 1. The minimum Gasteiger partial charge on any atom is -0.337 e. The summed E-state index contributed by atoms with van der Waals surface area (Å²) in [4.78, 5) is 8.19. The monoisotopic (exact) mass is 378 g/mol. The third-order valence-corrected chi connectivity index (χ3v) is 6.70. The fourth-order valence-corrected chi connectivity index (χ4v) is 5.13. The van der Waals surface area contributed by atoms with E-state index in [9.17, 15) is 12.8 Å². The van der Waals surface area contributed by atoms with E-state index in [1.807, 2.05) is 0 Å². The van der Waals surface area contributed by atoms with Crippen molar-refractivity contribution in [3.8, 4) is 0 Å². The van der Waals surface area contributed by atoms with Crippen LogP contribution in [0.3, 0.4) is 0 Å². The Labute approximate surface area is 153 Å². The van der Waals surface area contributed by atoms with E-state index in [1.54, 1.807) is 36.7 Å². The van der Waals surface area contributed by atoms with Gasteiger partial charge < -0.3 is 10.6 Å². The molecule has 1 aromatic carbocycles. The summed E-state index contributed by atoms with van der Waals surface area (Å²) >= 11 is 0. The van der Waals surface area contributed by atoms with Crippen molar-refractivity contribution in [1.82, 2.24) is 15.3 Å². The molecule has 0 radical (unpaired) electrons. The molecule has 3 rings (SSSR count). The lowest BCUT2D eigenvalue weighted by Gasteiger charge is -2.31. The molecule has 0 bridgehead atoms. The number of hydrogen-bond donors (Lipinski definition) is 2. The zero-order chi connectivity index (χ0) is 18.4. The summed E-state index contributed by atoms with van der Waals surface area (Å²) < 4.78 is 39.9. The zero-order valence-electron chi connectivity index (χ0n) is 14.4. The molecule has 2 aromatic rings. The molecule has 6 nitrogen and oxygen atoms in total. The molecule has 0 aliphatic carbocycles. The highest BCUT2D eigenvalue weighted by molar-refractivity contribution is 7.92. The molecule has 1 unspecified atom stereocenters. The van der Waals surface area contributed by atoms with Gasteiger partial charge >= 0.3 is 0 Å². The number of aromatic nitrogens is 2. The SMILES string of the molecule is O=S(=O)(CCc1ccccc1F)C(Nc1ncccn1)C1CCNCC1. The highest BCUT2D eigenvalue weighted by atomic mass is 32.2. The highest BCUT2D eigenvalue weighted by Gasteiger charge is 2.34. The molecule has 1 aliphatic rings. The van der Waals surface area contributed by atoms with Gasteiger partial charge in [-0.3, -0.25) is 0 Å². The molecule has 1 aromatic heterocycles. The second-order valence-corrected chi connectivity index (χ2v) is 8.67. The van der Waals surface area contributed by atoms with Gasteiger partial charge in [0.05, 0.1) is 5.75 Å². The molecule has 1 fully saturated rings. The average Bonchev–Trinajstić information content (AvgIpc) is 2.67. The topological polar surface area (TPSA) is 84.0 Å². The molecule has 0 amide bonds. The van der Waals surface area contributed by atoms with Crippen molar-refractivity contribution in [3.63, 3.8) is 0 Å². The van der Waals surface area contributed by atoms with Crippen molar-refractivity contribution in [2.45, 2.75) is 24.6 Å². The fourth-order valence-electron chi connectivity index (χ4n) is 3.23. The van der Waals surface area contributed by atoms with E-state index < -0.39 is 15.2 Å². The van der Waals surface area contributed by atoms with E-state index in [1.165, 1.54) is 6.07 Å². The normalized spacial score (nSPS) is 17.0. The minimum absolute atomic E-state index is 0.0364. The number of piperidine rings is 1. The number of aryl methyl sites for hydroxylation is 1. The van der Waals surface area contributed by atoms with Crippen molar-refractivity contribution < 1.29 is 12.8 Å². The number of benzene rings is 1. The zero-order valence-corrected chi connectivity index (χ0v) is 15.3. The number of nitrogens with one attached hydrogen (secondary N) is 2. The van der Waals surface area contributed by atoms with Crippen LogP contribution in [-0.2, 0) is 16.3 Å². The van der Waals surface area contributed by atoms with E-state index in [0.717, 1.165) is 25.9 Å². The quantitative estimate of drug-likeness (QED) is 0.767. The Morgan fingerprint density at radius 1 is 1.15 bits per heavy atom. The Kier molecular flexibility index (Phi) is 6.16. The Balaban J connectivity index is 1.78. The van der Waals surface area contributed by atoms with E-state index in [-0.39, 0.29) is 23.9 Å². The molecule has 1 saturated heterocycles. The molecular weight excluding hydrogens is 355 g/mol. The smallest absolute Gasteiger partial charge is 0.223 e. The molecule has 140 valence electrons. The van der Waals surface area contributed by atoms with Gasteiger partial charge in [-0.1, -0.05) is 18.2 Å². The van der Waals surface area contributed by atoms with Gasteiger partial charge in [0, 0.05) is 12.4 Å². The van der Waals surface area contributed by atoms with Crippen LogP contribution in [0.5, 0.6) is 0 Å². The third kappa shape index (κ3) is 4.76. The van der Waals surface area contributed by atoms with Crippen LogP contribution in [0.4, 0.5) is 10.3 Å². The van der Waals surface area contributed by atoms with Crippen molar-refractivity contribution in [1.29, 1.82) is 0 Å². The van der Waals surface area contributed by atoms with Crippen LogP contribution < -0.4 is 10.6 Å². The standard InChI is InChI=1S/C18H23FN4O2S/c19-16-5-2-1-4-14(16)8-13-26(24,25)17(15-6-11-20-12-7-15)23-18-21-9-3-10-22-18/h1-5,9-10,15,17,20H,6-8,11-13H2,(H,21,22,23). The van der Waals surface area contributed by atoms with Crippen LogP contribution in [0, 0.1) is 11.7 Å². The Morgan fingerprint density at radius 2 is 1.85 bits per heavy atom. The highest BCUT2D eigenvalue weighted by Crippen LogP contribution is 2.24. The Bertz CT molecular complexity index is 811. The lowest BCUT2D eigenvalue weighted by molar-refractivity contribution is 0.366. The summed E-state index contributed by atoms with van der Waals surface area (Å²) in [6.45, 7) is 1.56. The van der Waals surface area contributed by atoms with Crippen molar-refractivity contribution in [2.24, 2.45) is 5.92 Å². The van der Waals surface area contributed by atoms with Gasteiger partial charge in [0.25, 0.3) is 0 Å². The fraction of sp³-hybridized carbons (Fsp3) is 0.444. The molecule has 0 saturated carbocycles. The van der Waals surface area contributed by atoms with E-state index in [4.69, 9.17) is 0 Å². The largest absolute Gasteiger partial charge is 0.337 e. The molecule has 1 atom stereocenters. The van der Waals surface area contributed by atoms with Crippen LogP contribution in [0.1, 0.15) is 18.4 Å². The first-order valence-electron chi connectivity index (χ1n) is 8.75. The summed E-state index contributed by atoms with van der Waals surface area (Å²) in [5.41, 5.74) is 0.413. The maximum atomic E-state index is 13.8. The number of hydrogen-bond acceptors (Lipinski definition) is 6. The lowest BCUT2D eigenvalue weighted by Crippen LogP contribution is -2.44. The van der Waals surface area contributed by atoms with Crippen molar-refractivity contribution in [3.05, 3.63) is 54.1 Å². The van der Waals surface area contributed by atoms with Crippen LogP contribution in [0.15, 0.2) is 42.7 Å². The maximum absolute atomic E-state index is 13.8. The van der Waals surface area contributed by atoms with Gasteiger partial charge in [-0.25, -0.2) is 22.8 Å². The van der Waals surface area contributed by atoms with Gasteiger partial charge in [-0.15, -0.1) is 0 Å². The Morgan fingerprint density at radius 3 is 2.54 bits per heavy atom. The summed E-state index contributed by atoms with van der Waals surface area (Å²) in [6, 6.07) is 7.96. The summed E-state index contributed by atoms with van der Waals surface area (Å²) in [5, 5.41) is 5.48. The van der Waals surface area contributed by atoms with Crippen LogP contribution in [0.2, 0.25) is 0 Å². The third-order valence-electron chi connectivity index (χ3n) is 4.65. The van der Waals surface area contributed by atoms with E-state index in [0.29, 0.717) is 11.5 Å². The first-order chi connectivity index (χ1) is 12.6. The number of halogens is 1. The summed E-state index contributed by atoms with van der Waals surface area (Å²) in [6.07, 6.45) is 4.79. The van der Waals surface area contributed by atoms with Crippen LogP contribution in [0.25, 0.3) is 0 Å². The van der Waals surface area contributed by atoms with Gasteiger partial charge in [0.2, 0.25) is 5.95 Å². The van der Waals surface area contributed by atoms with Gasteiger partial charge in [0.1, 0.15) is 11.2 Å². The Hall–Kier alpha value is -2.06. The second kappa shape index (κ2) is 8.55. The molecule has 2 heterocycles. The van der Waals surface area contributed by atoms with Gasteiger partial charge in [0.15, 0.2) is 9.84 Å². The van der Waals surface area contributed by atoms with Crippen molar-refractivity contribution in [2.75, 3.05) is 24.2 Å². The van der Waals surface area contributed by atoms with Crippen LogP contribution in [-0.4, -0.2) is 42.6 Å². The number of sulfone groups is 1. The van der Waals surface area contributed by atoms with Gasteiger partial charge in [-0.05, 0) is 56.0 Å². The first-order valence-corrected chi connectivity index (χ1v) is 10.5. The van der Waals surface area contributed by atoms with Gasteiger partial charge in [-0.2, -0.15) is 0 Å².